The van der Waals surface area contributed by atoms with Gasteiger partial charge >= 0.3 is 0 Å². The molecule has 0 atom stereocenters. The van der Waals surface area contributed by atoms with E-state index in [0.29, 0.717) is 0 Å². The van der Waals surface area contributed by atoms with Crippen molar-refractivity contribution in [2.45, 2.75) is 0 Å². The van der Waals surface area contributed by atoms with Crippen molar-refractivity contribution in [1.29, 1.82) is 0 Å². The topological polar surface area (TPSA) is 14.1 Å². The minimum Gasteiger partial charge on any atom is -1.00 e. The number of thiophene rings is 1. The van der Waals surface area contributed by atoms with E-state index in [-0.39, 0.29) is 24.0 Å². The van der Waals surface area contributed by atoms with E-state index in [9.17, 15) is 0 Å². The van der Waals surface area contributed by atoms with Gasteiger partial charge in [0.15, 0.2) is 12.4 Å². The number of nitrogens with one attached hydrogen (secondary N) is 1. The molecular formula is C7H6INS. The molecule has 0 aromatic carbocycles. The Bertz CT molecular complexity index is 288. The minimum absolute atomic E-state index is 0. The largest absolute Gasteiger partial charge is 1.00 e. The first kappa shape index (κ1) is 7.94. The molecular weight excluding hydrogens is 257 g/mol. The van der Waals surface area contributed by atoms with Crippen molar-refractivity contribution < 1.29 is 29.0 Å². The van der Waals surface area contributed by atoms with E-state index in [1.807, 2.05) is 12.4 Å². The average molecular weight is 263 g/mol. The maximum atomic E-state index is 3.03. The normalized spacial score (nSPS) is 9.20. The molecule has 0 amide bonds. The van der Waals surface area contributed by atoms with Crippen LogP contribution in [0.3, 0.4) is 0 Å². The zero-order valence-corrected chi connectivity index (χ0v) is 8.15. The van der Waals surface area contributed by atoms with Crippen molar-refractivity contribution in [3.8, 4) is 0 Å². The number of halogens is 1. The summed E-state index contributed by atoms with van der Waals surface area (Å²) in [4.78, 5) is 3.03. The van der Waals surface area contributed by atoms with Gasteiger partial charge in [-0.2, -0.15) is 0 Å². The van der Waals surface area contributed by atoms with Crippen LogP contribution in [0.1, 0.15) is 0 Å². The predicted molar refractivity (Wildman–Crippen MR) is 38.4 cm³/mol. The fourth-order valence-corrected chi connectivity index (χ4v) is 1.62. The average Bonchev–Trinajstić information content (AvgIpc) is 2.33. The van der Waals surface area contributed by atoms with Crippen LogP contribution in [0.25, 0.3) is 10.1 Å². The smallest absolute Gasteiger partial charge is 0.184 e. The van der Waals surface area contributed by atoms with E-state index >= 15 is 0 Å². The number of hydrogen-bond donors (Lipinski definition) is 0. The molecule has 10 heavy (non-hydrogen) atoms. The molecule has 2 aromatic rings. The third-order valence-corrected chi connectivity index (χ3v) is 2.18. The number of H-pyrrole nitrogens is 1. The van der Waals surface area contributed by atoms with Crippen LogP contribution in [0.15, 0.2) is 29.9 Å². The second kappa shape index (κ2) is 3.30. The molecule has 3 heteroatoms. The van der Waals surface area contributed by atoms with E-state index in [1.54, 1.807) is 11.3 Å². The maximum absolute atomic E-state index is 3.03. The molecule has 0 fully saturated rings. The van der Waals surface area contributed by atoms with Gasteiger partial charge in [-0.05, 0) is 11.4 Å². The van der Waals surface area contributed by atoms with E-state index in [0.717, 1.165) is 0 Å². The molecule has 0 aliphatic rings. The highest BCUT2D eigenvalue weighted by atomic mass is 127. The summed E-state index contributed by atoms with van der Waals surface area (Å²) in [5, 5.41) is 3.41. The Morgan fingerprint density at radius 2 is 2.20 bits per heavy atom. The monoisotopic (exact) mass is 263 g/mol. The summed E-state index contributed by atoms with van der Waals surface area (Å²) in [5.41, 5.74) is 0. The number of aromatic amines is 1. The van der Waals surface area contributed by atoms with Crippen LogP contribution >= 0.6 is 11.3 Å². The van der Waals surface area contributed by atoms with Gasteiger partial charge in [0.2, 0.25) is 0 Å². The molecule has 0 unspecified atom stereocenters. The van der Waals surface area contributed by atoms with Crippen molar-refractivity contribution in [3.05, 3.63) is 29.9 Å². The van der Waals surface area contributed by atoms with Crippen molar-refractivity contribution in [2.24, 2.45) is 0 Å². The number of aromatic nitrogens is 1. The highest BCUT2D eigenvalue weighted by molar-refractivity contribution is 7.17. The Hall–Kier alpha value is -0.160. The van der Waals surface area contributed by atoms with Crippen LogP contribution < -0.4 is 29.0 Å². The van der Waals surface area contributed by atoms with Crippen LogP contribution in [0, 0.1) is 0 Å². The molecule has 0 radical (unpaired) electrons. The highest BCUT2D eigenvalue weighted by Gasteiger charge is 1.93. The molecule has 0 aliphatic heterocycles. The van der Waals surface area contributed by atoms with Gasteiger partial charge < -0.3 is 24.0 Å². The molecule has 0 saturated carbocycles. The Morgan fingerprint density at radius 1 is 1.30 bits per heavy atom. The Kier molecular flexibility index (Phi) is 2.62. The third-order valence-electron chi connectivity index (χ3n) is 1.30. The second-order valence-electron chi connectivity index (χ2n) is 1.88. The number of fused-ring (bicyclic) bond motifs is 1. The molecule has 0 saturated heterocycles. The Labute approximate surface area is 80.1 Å². The first-order chi connectivity index (χ1) is 4.47. The standard InChI is InChI=1S/C7H5NS.HI/c1-3-8-5-7-6(1)2-4-9-7;/h1-5H;1H. The quantitative estimate of drug-likeness (QED) is 0.526. The predicted octanol–water partition coefficient (Wildman–Crippen LogP) is -1.28. The lowest BCUT2D eigenvalue weighted by Crippen LogP contribution is -3.00. The molecule has 2 rings (SSSR count). The maximum Gasteiger partial charge on any atom is 0.184 e. The van der Waals surface area contributed by atoms with Crippen LogP contribution in [0.4, 0.5) is 0 Å². The van der Waals surface area contributed by atoms with E-state index in [1.165, 1.54) is 10.1 Å². The summed E-state index contributed by atoms with van der Waals surface area (Å²) in [6.45, 7) is 0. The SMILES string of the molecule is [I-].c1cc2ccsc2c[nH+]1. The fraction of sp³-hybridized carbons (Fsp3) is 0. The van der Waals surface area contributed by atoms with Crippen molar-refractivity contribution >= 4 is 21.4 Å². The first-order valence-electron chi connectivity index (χ1n) is 2.80. The van der Waals surface area contributed by atoms with Crippen LogP contribution in [0.5, 0.6) is 0 Å². The van der Waals surface area contributed by atoms with Crippen LogP contribution in [0.2, 0.25) is 0 Å². The molecule has 1 nitrogen and oxygen atoms in total. The molecule has 2 aromatic heterocycles. The number of rotatable bonds is 0. The van der Waals surface area contributed by atoms with Gasteiger partial charge in [-0.25, -0.2) is 4.98 Å². The molecule has 0 spiro atoms. The Morgan fingerprint density at radius 3 is 3.00 bits per heavy atom. The molecule has 0 bridgehead atoms. The molecule has 52 valence electrons. The fourth-order valence-electron chi connectivity index (χ4n) is 0.848. The second-order valence-corrected chi connectivity index (χ2v) is 2.83. The summed E-state index contributed by atoms with van der Waals surface area (Å²) in [7, 11) is 0. The van der Waals surface area contributed by atoms with Crippen molar-refractivity contribution in [3.63, 3.8) is 0 Å². The van der Waals surface area contributed by atoms with Gasteiger partial charge in [-0.1, -0.05) is 0 Å². The first-order valence-corrected chi connectivity index (χ1v) is 3.68. The van der Waals surface area contributed by atoms with Gasteiger partial charge in [0.1, 0.15) is 0 Å². The zero-order chi connectivity index (χ0) is 6.10. The summed E-state index contributed by atoms with van der Waals surface area (Å²) in [5.74, 6) is 0. The third kappa shape index (κ3) is 1.29. The molecule has 0 aliphatic carbocycles. The van der Waals surface area contributed by atoms with Crippen molar-refractivity contribution in [1.82, 2.24) is 0 Å². The van der Waals surface area contributed by atoms with Gasteiger partial charge in [-0.3, -0.25) is 0 Å². The summed E-state index contributed by atoms with van der Waals surface area (Å²) < 4.78 is 1.32. The van der Waals surface area contributed by atoms with Crippen LogP contribution in [-0.4, -0.2) is 0 Å². The van der Waals surface area contributed by atoms with Gasteiger partial charge in [0.25, 0.3) is 0 Å². The number of hydrogen-bond acceptors (Lipinski definition) is 1. The molecule has 1 N–H and O–H groups in total. The summed E-state index contributed by atoms with van der Waals surface area (Å²) >= 11 is 1.76. The lowest BCUT2D eigenvalue weighted by Gasteiger charge is -1.76. The van der Waals surface area contributed by atoms with Gasteiger partial charge in [0, 0.05) is 11.5 Å². The molecule has 2 heterocycles. The lowest BCUT2D eigenvalue weighted by atomic mass is 10.3. The highest BCUT2D eigenvalue weighted by Crippen LogP contribution is 2.16. The summed E-state index contributed by atoms with van der Waals surface area (Å²) in [6.07, 6.45) is 3.95. The van der Waals surface area contributed by atoms with Gasteiger partial charge in [0.05, 0.1) is 4.70 Å². The van der Waals surface area contributed by atoms with E-state index < -0.39 is 0 Å². The van der Waals surface area contributed by atoms with E-state index in [4.69, 9.17) is 0 Å². The minimum atomic E-state index is 0. The Balaban J connectivity index is 0.000000500. The van der Waals surface area contributed by atoms with Crippen LogP contribution in [-0.2, 0) is 0 Å². The zero-order valence-electron chi connectivity index (χ0n) is 5.17. The van der Waals surface area contributed by atoms with Gasteiger partial charge in [-0.15, -0.1) is 11.3 Å². The summed E-state index contributed by atoms with van der Waals surface area (Å²) in [6, 6.07) is 4.19. The lowest BCUT2D eigenvalue weighted by molar-refractivity contribution is -0.375. The number of pyridine rings is 1. The van der Waals surface area contributed by atoms with Crippen molar-refractivity contribution in [2.75, 3.05) is 0 Å². The van der Waals surface area contributed by atoms with E-state index in [2.05, 4.69) is 22.5 Å².